The van der Waals surface area contributed by atoms with Gasteiger partial charge in [-0.1, -0.05) is 24.3 Å². The van der Waals surface area contributed by atoms with Crippen molar-refractivity contribution in [3.8, 4) is 5.75 Å². The zero-order valence-corrected chi connectivity index (χ0v) is 20.5. The molecule has 1 heterocycles. The number of fused-ring (bicyclic) bond motifs is 2. The van der Waals surface area contributed by atoms with Gasteiger partial charge in [0, 0.05) is 19.1 Å². The summed E-state index contributed by atoms with van der Waals surface area (Å²) >= 11 is 0. The van der Waals surface area contributed by atoms with Gasteiger partial charge in [0.25, 0.3) is 0 Å². The number of nitrogens with one attached hydrogen (secondary N) is 2. The molecule has 0 amide bonds. The first-order valence-corrected chi connectivity index (χ1v) is 12.2. The van der Waals surface area contributed by atoms with Crippen molar-refractivity contribution in [2.24, 2.45) is 0 Å². The largest absolute Gasteiger partial charge is 0.496 e. The molecular weight excluding hydrogens is 477 g/mol. The first-order chi connectivity index (χ1) is 17.2. The van der Waals surface area contributed by atoms with Crippen LogP contribution >= 0.6 is 0 Å². The van der Waals surface area contributed by atoms with Crippen LogP contribution in [0.25, 0.3) is 5.57 Å². The van der Waals surface area contributed by atoms with Crippen LogP contribution in [0.4, 0.5) is 27.6 Å². The van der Waals surface area contributed by atoms with Crippen LogP contribution in [0.5, 0.6) is 5.75 Å². The second kappa shape index (κ2) is 11.2. The Hall–Kier alpha value is -2.65. The fourth-order valence-electron chi connectivity index (χ4n) is 5.36. The van der Waals surface area contributed by atoms with Gasteiger partial charge in [0.05, 0.1) is 37.6 Å². The van der Waals surface area contributed by atoms with E-state index in [9.17, 15) is 17.6 Å². The Morgan fingerprint density at radius 3 is 2.58 bits per heavy atom. The van der Waals surface area contributed by atoms with Gasteiger partial charge in [-0.3, -0.25) is 9.29 Å². The van der Waals surface area contributed by atoms with Crippen LogP contribution in [0, 0.1) is 5.82 Å². The molecule has 2 aromatic carbocycles. The smallest absolute Gasteiger partial charge is 0.401 e. The van der Waals surface area contributed by atoms with Gasteiger partial charge in [-0.05, 0) is 67.1 Å². The highest BCUT2D eigenvalue weighted by atomic mass is 19.4. The Labute approximate surface area is 208 Å². The lowest BCUT2D eigenvalue weighted by molar-refractivity contribution is -0.155. The maximum absolute atomic E-state index is 16.1. The second-order valence-corrected chi connectivity index (χ2v) is 9.34. The minimum atomic E-state index is -4.44. The number of methoxy groups -OCH3 is 1. The standard InChI is InChI=1S/C27H32F5N3O/c1-17-14-20-19-7-4-3-6-18(19)15-21(20)26(35(17)16-27(30,31)32)24-23(36-2)9-8-22(25(24)29)34-13-12-33-11-5-10-28/h3-4,6-9,17,26,33-34H,5,10-16H2,1-2H3/t17-,26+/m1/s1. The third-order valence-corrected chi connectivity index (χ3v) is 6.94. The van der Waals surface area contributed by atoms with Gasteiger partial charge in [-0.2, -0.15) is 13.2 Å². The molecule has 196 valence electrons. The predicted molar refractivity (Wildman–Crippen MR) is 132 cm³/mol. The number of benzene rings is 2. The molecular formula is C27H32F5N3O. The molecule has 2 aromatic rings. The molecule has 9 heteroatoms. The minimum Gasteiger partial charge on any atom is -0.496 e. The minimum absolute atomic E-state index is 0.115. The summed E-state index contributed by atoms with van der Waals surface area (Å²) < 4.78 is 75.1. The molecule has 0 radical (unpaired) electrons. The highest BCUT2D eigenvalue weighted by Crippen LogP contribution is 2.51. The number of anilines is 1. The van der Waals surface area contributed by atoms with Gasteiger partial charge >= 0.3 is 6.18 Å². The van der Waals surface area contributed by atoms with Crippen LogP contribution in [0.1, 0.15) is 42.5 Å². The number of alkyl halides is 4. The van der Waals surface area contributed by atoms with Gasteiger partial charge < -0.3 is 15.4 Å². The van der Waals surface area contributed by atoms with Crippen LogP contribution in [-0.4, -0.2) is 57.1 Å². The highest BCUT2D eigenvalue weighted by Gasteiger charge is 2.45. The number of hydrogen-bond donors (Lipinski definition) is 2. The monoisotopic (exact) mass is 509 g/mol. The predicted octanol–water partition coefficient (Wildman–Crippen LogP) is 5.90. The maximum Gasteiger partial charge on any atom is 0.401 e. The van der Waals surface area contributed by atoms with Crippen LogP contribution < -0.4 is 15.4 Å². The van der Waals surface area contributed by atoms with E-state index in [4.69, 9.17) is 4.74 Å². The molecule has 2 N–H and O–H groups in total. The van der Waals surface area contributed by atoms with Gasteiger partial charge in [-0.25, -0.2) is 4.39 Å². The summed E-state index contributed by atoms with van der Waals surface area (Å²) in [5.74, 6) is -0.402. The third kappa shape index (κ3) is 5.52. The molecule has 0 saturated carbocycles. The molecule has 0 saturated heterocycles. The van der Waals surface area contributed by atoms with Gasteiger partial charge in [-0.15, -0.1) is 0 Å². The lowest BCUT2D eigenvalue weighted by atomic mass is 9.84. The van der Waals surface area contributed by atoms with Crippen molar-refractivity contribution in [3.05, 3.63) is 64.5 Å². The Morgan fingerprint density at radius 1 is 1.08 bits per heavy atom. The van der Waals surface area contributed by atoms with Crippen molar-refractivity contribution in [3.63, 3.8) is 0 Å². The molecule has 36 heavy (non-hydrogen) atoms. The lowest BCUT2D eigenvalue weighted by Gasteiger charge is -2.43. The normalized spacial score (nSPS) is 19.9. The quantitative estimate of drug-likeness (QED) is 0.309. The summed E-state index contributed by atoms with van der Waals surface area (Å²) in [5.41, 5.74) is 4.18. The second-order valence-electron chi connectivity index (χ2n) is 9.34. The van der Waals surface area contributed by atoms with Crippen molar-refractivity contribution in [2.75, 3.05) is 45.3 Å². The van der Waals surface area contributed by atoms with E-state index in [1.807, 2.05) is 24.3 Å². The van der Waals surface area contributed by atoms with E-state index in [2.05, 4.69) is 10.6 Å². The molecule has 0 bridgehead atoms. The molecule has 2 atom stereocenters. The Morgan fingerprint density at radius 2 is 1.86 bits per heavy atom. The molecule has 4 rings (SSSR count). The Bertz CT molecular complexity index is 1100. The van der Waals surface area contributed by atoms with Crippen molar-refractivity contribution >= 4 is 11.3 Å². The summed E-state index contributed by atoms with van der Waals surface area (Å²) in [6.45, 7) is 1.59. The third-order valence-electron chi connectivity index (χ3n) is 6.94. The fourth-order valence-corrected chi connectivity index (χ4v) is 5.36. The summed E-state index contributed by atoms with van der Waals surface area (Å²) in [5, 5.41) is 6.09. The average Bonchev–Trinajstić information content (AvgIpc) is 3.20. The van der Waals surface area contributed by atoms with Crippen molar-refractivity contribution in [1.82, 2.24) is 10.2 Å². The zero-order chi connectivity index (χ0) is 25.9. The lowest BCUT2D eigenvalue weighted by Crippen LogP contribution is -2.46. The number of ether oxygens (including phenoxy) is 1. The molecule has 0 aromatic heterocycles. The Balaban J connectivity index is 1.74. The molecule has 1 aliphatic carbocycles. The summed E-state index contributed by atoms with van der Waals surface area (Å²) in [7, 11) is 1.40. The van der Waals surface area contributed by atoms with E-state index in [0.717, 1.165) is 22.3 Å². The molecule has 0 unspecified atom stereocenters. The highest BCUT2D eigenvalue weighted by molar-refractivity contribution is 5.79. The number of rotatable bonds is 10. The van der Waals surface area contributed by atoms with Gasteiger partial charge in [0.2, 0.25) is 0 Å². The van der Waals surface area contributed by atoms with Gasteiger partial charge in [0.1, 0.15) is 5.75 Å². The number of hydrogen-bond acceptors (Lipinski definition) is 4. The molecule has 4 nitrogen and oxygen atoms in total. The molecule has 0 spiro atoms. The molecule has 1 aliphatic heterocycles. The van der Waals surface area contributed by atoms with Crippen molar-refractivity contribution < 1.29 is 26.7 Å². The molecule has 0 fully saturated rings. The van der Waals surface area contributed by atoms with Gasteiger partial charge in [0.15, 0.2) is 5.82 Å². The van der Waals surface area contributed by atoms with E-state index in [-0.39, 0.29) is 17.0 Å². The van der Waals surface area contributed by atoms with Crippen molar-refractivity contribution in [1.29, 1.82) is 0 Å². The Kier molecular flexibility index (Phi) is 8.20. The first-order valence-electron chi connectivity index (χ1n) is 12.2. The van der Waals surface area contributed by atoms with Crippen LogP contribution in [0.3, 0.4) is 0 Å². The van der Waals surface area contributed by atoms with Crippen LogP contribution in [0.15, 0.2) is 42.0 Å². The van der Waals surface area contributed by atoms with Crippen LogP contribution in [0.2, 0.25) is 0 Å². The molecule has 2 aliphatic rings. The summed E-state index contributed by atoms with van der Waals surface area (Å²) in [4.78, 5) is 1.36. The number of halogens is 5. The summed E-state index contributed by atoms with van der Waals surface area (Å²) in [6.07, 6.45) is -3.11. The SMILES string of the molecule is COc1ccc(NCCNCCCF)c(F)c1[C@@H]1C2=C(C[C@@H](C)N1CC(F)(F)F)c1ccccc1C2. The number of nitrogens with zero attached hydrogens (tertiary/aromatic N) is 1. The van der Waals surface area contributed by atoms with E-state index in [1.165, 1.54) is 18.1 Å². The van der Waals surface area contributed by atoms with E-state index in [0.29, 0.717) is 38.9 Å². The van der Waals surface area contributed by atoms with Crippen molar-refractivity contribution in [2.45, 2.75) is 44.4 Å². The maximum atomic E-state index is 16.1. The summed E-state index contributed by atoms with van der Waals surface area (Å²) in [6, 6.07) is 9.57. The van der Waals surface area contributed by atoms with Crippen LogP contribution in [-0.2, 0) is 6.42 Å². The zero-order valence-electron chi connectivity index (χ0n) is 20.5. The average molecular weight is 510 g/mol. The van der Waals surface area contributed by atoms with E-state index >= 15 is 4.39 Å². The van der Waals surface area contributed by atoms with E-state index in [1.54, 1.807) is 13.0 Å². The fraction of sp³-hybridized carbons (Fsp3) is 0.481. The topological polar surface area (TPSA) is 36.5 Å². The first kappa shape index (κ1) is 26.4. The van der Waals surface area contributed by atoms with E-state index < -0.39 is 37.3 Å².